The number of aromatic nitrogens is 5. The van der Waals surface area contributed by atoms with Crippen LogP contribution in [0.25, 0.3) is 27.9 Å². The number of H-pyrrole nitrogens is 1. The van der Waals surface area contributed by atoms with Gasteiger partial charge in [-0.05, 0) is 68.7 Å². The van der Waals surface area contributed by atoms with Crippen LogP contribution in [-0.4, -0.2) is 50.9 Å². The average molecular weight is 461 g/mol. The lowest BCUT2D eigenvalue weighted by Gasteiger charge is -2.29. The molecule has 0 amide bonds. The van der Waals surface area contributed by atoms with E-state index in [-0.39, 0.29) is 0 Å². The summed E-state index contributed by atoms with van der Waals surface area (Å²) in [6.45, 7) is 10.5. The van der Waals surface area contributed by atoms with Crippen molar-refractivity contribution < 1.29 is 4.74 Å². The first kappa shape index (κ1) is 23.0. The number of hydrogen-bond donors (Lipinski definition) is 2. The Kier molecular flexibility index (Phi) is 6.40. The highest BCUT2D eigenvalue weighted by molar-refractivity contribution is 5.89. The van der Waals surface area contributed by atoms with E-state index in [1.165, 1.54) is 48.1 Å². The van der Waals surface area contributed by atoms with Crippen molar-refractivity contribution >= 4 is 16.7 Å². The molecule has 0 aliphatic heterocycles. The molecule has 0 bridgehead atoms. The van der Waals surface area contributed by atoms with Crippen LogP contribution in [0.1, 0.15) is 73.8 Å². The van der Waals surface area contributed by atoms with Crippen molar-refractivity contribution in [1.29, 1.82) is 0 Å². The molecule has 0 spiro atoms. The van der Waals surface area contributed by atoms with Crippen LogP contribution in [0.15, 0.2) is 24.7 Å². The Balaban J connectivity index is 1.49. The van der Waals surface area contributed by atoms with E-state index in [1.807, 2.05) is 4.52 Å². The molecular formula is C27H36N6O. The van der Waals surface area contributed by atoms with Crippen LogP contribution in [-0.2, 0) is 4.74 Å². The van der Waals surface area contributed by atoms with Gasteiger partial charge in [-0.15, -0.1) is 0 Å². The lowest BCUT2D eigenvalue weighted by molar-refractivity contribution is 0.191. The number of aryl methyl sites for hydroxylation is 1. The second-order valence-electron chi connectivity index (χ2n) is 10.0. The quantitative estimate of drug-likeness (QED) is 0.367. The van der Waals surface area contributed by atoms with Gasteiger partial charge in [-0.1, -0.05) is 13.8 Å². The number of rotatable bonds is 7. The van der Waals surface area contributed by atoms with Crippen molar-refractivity contribution in [3.63, 3.8) is 0 Å². The van der Waals surface area contributed by atoms with Crippen molar-refractivity contribution in [3.8, 4) is 11.3 Å². The predicted molar refractivity (Wildman–Crippen MR) is 137 cm³/mol. The monoisotopic (exact) mass is 460 g/mol. The molecule has 1 saturated carbocycles. The number of hydrogen-bond acceptors (Lipinski definition) is 5. The third-order valence-electron chi connectivity index (χ3n) is 7.56. The number of methoxy groups -OCH3 is 1. The summed E-state index contributed by atoms with van der Waals surface area (Å²) in [4.78, 5) is 13.4. The molecule has 34 heavy (non-hydrogen) atoms. The number of aromatic amines is 1. The first-order chi connectivity index (χ1) is 16.5. The third kappa shape index (κ3) is 4.12. The Bertz CT molecular complexity index is 1300. The standard InChI is InChI=1S/C27H36N6O/c1-16(2)24-25(21-14-33-27(29-15-30-33)18(4)17(21)3)32-23-11-10-22(31-26(23)24)19-6-8-20(9-7-19)28-12-13-34-5/h10-11,14-16,19-20,28,32H,6-9,12-13H2,1-5H3. The second kappa shape index (κ2) is 9.47. The molecule has 4 aromatic rings. The Morgan fingerprint density at radius 1 is 1.15 bits per heavy atom. The Morgan fingerprint density at radius 2 is 1.94 bits per heavy atom. The van der Waals surface area contributed by atoms with Gasteiger partial charge < -0.3 is 15.0 Å². The molecule has 0 saturated heterocycles. The van der Waals surface area contributed by atoms with Gasteiger partial charge in [-0.3, -0.25) is 4.98 Å². The van der Waals surface area contributed by atoms with Crippen LogP contribution in [0.4, 0.5) is 0 Å². The average Bonchev–Trinajstić information content (AvgIpc) is 3.46. The molecule has 1 fully saturated rings. The van der Waals surface area contributed by atoms with E-state index in [2.05, 4.69) is 66.4 Å². The molecule has 4 aromatic heterocycles. The van der Waals surface area contributed by atoms with Crippen LogP contribution >= 0.6 is 0 Å². The van der Waals surface area contributed by atoms with Crippen LogP contribution in [0, 0.1) is 13.8 Å². The van der Waals surface area contributed by atoms with Crippen molar-refractivity contribution in [2.24, 2.45) is 0 Å². The zero-order valence-electron chi connectivity index (χ0n) is 21.0. The molecule has 7 heteroatoms. The van der Waals surface area contributed by atoms with Crippen molar-refractivity contribution in [2.75, 3.05) is 20.3 Å². The molecular weight excluding hydrogens is 424 g/mol. The van der Waals surface area contributed by atoms with Gasteiger partial charge in [0.15, 0.2) is 5.65 Å². The smallest absolute Gasteiger partial charge is 0.158 e. The fourth-order valence-corrected chi connectivity index (χ4v) is 5.52. The minimum Gasteiger partial charge on any atom is -0.383 e. The van der Waals surface area contributed by atoms with E-state index in [1.54, 1.807) is 13.4 Å². The van der Waals surface area contributed by atoms with Crippen LogP contribution in [0.3, 0.4) is 0 Å². The van der Waals surface area contributed by atoms with Gasteiger partial charge in [0.05, 0.1) is 23.3 Å². The molecule has 0 radical (unpaired) electrons. The maximum absolute atomic E-state index is 5.26. The van der Waals surface area contributed by atoms with E-state index < -0.39 is 0 Å². The largest absolute Gasteiger partial charge is 0.383 e. The van der Waals surface area contributed by atoms with Gasteiger partial charge >= 0.3 is 0 Å². The lowest BCUT2D eigenvalue weighted by atomic mass is 9.83. The van der Waals surface area contributed by atoms with Gasteiger partial charge in [-0.25, -0.2) is 9.50 Å². The highest BCUT2D eigenvalue weighted by atomic mass is 16.5. The normalized spacial score (nSPS) is 19.0. The highest BCUT2D eigenvalue weighted by Crippen LogP contribution is 2.39. The summed E-state index contributed by atoms with van der Waals surface area (Å²) in [7, 11) is 1.76. The van der Waals surface area contributed by atoms with Crippen molar-refractivity contribution in [2.45, 2.75) is 71.3 Å². The van der Waals surface area contributed by atoms with Gasteiger partial charge in [-0.2, -0.15) is 5.10 Å². The number of ether oxygens (including phenoxy) is 1. The van der Waals surface area contributed by atoms with Crippen molar-refractivity contribution in [3.05, 3.63) is 47.0 Å². The minimum atomic E-state index is 0.346. The minimum absolute atomic E-state index is 0.346. The van der Waals surface area contributed by atoms with Gasteiger partial charge in [0.2, 0.25) is 0 Å². The molecule has 1 aliphatic rings. The van der Waals surface area contributed by atoms with Gasteiger partial charge in [0.1, 0.15) is 6.33 Å². The Labute approximate surface area is 201 Å². The second-order valence-corrected chi connectivity index (χ2v) is 10.0. The molecule has 7 nitrogen and oxygen atoms in total. The van der Waals surface area contributed by atoms with Crippen LogP contribution in [0.5, 0.6) is 0 Å². The topological polar surface area (TPSA) is 80.1 Å². The zero-order chi connectivity index (χ0) is 23.8. The fraction of sp³-hybridized carbons (Fsp3) is 0.519. The number of fused-ring (bicyclic) bond motifs is 2. The summed E-state index contributed by atoms with van der Waals surface area (Å²) in [6.07, 6.45) is 8.47. The molecule has 4 heterocycles. The number of nitrogens with one attached hydrogen (secondary N) is 2. The van der Waals surface area contributed by atoms with Crippen LogP contribution in [0.2, 0.25) is 0 Å². The SMILES string of the molecule is COCCNC1CCC(c2ccc3[nH]c(-c4cn5ncnc5c(C)c4C)c(C(C)C)c3n2)CC1. The fourth-order valence-electron chi connectivity index (χ4n) is 5.52. The maximum atomic E-state index is 5.26. The third-order valence-corrected chi connectivity index (χ3v) is 7.56. The summed E-state index contributed by atoms with van der Waals surface area (Å²) in [5.41, 5.74) is 10.4. The molecule has 180 valence electrons. The zero-order valence-corrected chi connectivity index (χ0v) is 21.0. The first-order valence-corrected chi connectivity index (χ1v) is 12.5. The summed E-state index contributed by atoms with van der Waals surface area (Å²) >= 11 is 0. The summed E-state index contributed by atoms with van der Waals surface area (Å²) in [5.74, 6) is 0.872. The molecule has 2 N–H and O–H groups in total. The number of nitrogens with zero attached hydrogens (tertiary/aromatic N) is 4. The molecule has 1 aliphatic carbocycles. The lowest BCUT2D eigenvalue weighted by Crippen LogP contribution is -2.34. The molecule has 5 rings (SSSR count). The van der Waals surface area contributed by atoms with Gasteiger partial charge in [0.25, 0.3) is 0 Å². The maximum Gasteiger partial charge on any atom is 0.158 e. The van der Waals surface area contributed by atoms with E-state index in [4.69, 9.17) is 9.72 Å². The Hall–Kier alpha value is -2.77. The van der Waals surface area contributed by atoms with E-state index in [0.717, 1.165) is 41.1 Å². The van der Waals surface area contributed by atoms with Gasteiger partial charge in [0, 0.05) is 48.6 Å². The van der Waals surface area contributed by atoms with Crippen LogP contribution < -0.4 is 5.32 Å². The summed E-state index contributed by atoms with van der Waals surface area (Å²) in [5, 5.41) is 8.03. The Morgan fingerprint density at radius 3 is 2.68 bits per heavy atom. The van der Waals surface area contributed by atoms with E-state index in [0.29, 0.717) is 17.9 Å². The summed E-state index contributed by atoms with van der Waals surface area (Å²) in [6, 6.07) is 5.05. The first-order valence-electron chi connectivity index (χ1n) is 12.5. The number of pyridine rings is 2. The van der Waals surface area contributed by atoms with Crippen molar-refractivity contribution in [1.82, 2.24) is 29.9 Å². The summed E-state index contributed by atoms with van der Waals surface area (Å²) < 4.78 is 7.06. The molecule has 0 unspecified atom stereocenters. The van der Waals surface area contributed by atoms with E-state index >= 15 is 0 Å². The van der Waals surface area contributed by atoms with E-state index in [9.17, 15) is 0 Å². The molecule has 0 aromatic carbocycles. The molecule has 0 atom stereocenters. The predicted octanol–water partition coefficient (Wildman–Crippen LogP) is 5.28. The highest BCUT2D eigenvalue weighted by Gasteiger charge is 2.25.